The van der Waals surface area contributed by atoms with Crippen LogP contribution < -0.4 is 0 Å². The predicted molar refractivity (Wildman–Crippen MR) is 78.9 cm³/mol. The Morgan fingerprint density at radius 3 is 2.50 bits per heavy atom. The van der Waals surface area contributed by atoms with E-state index in [0.29, 0.717) is 17.0 Å². The lowest BCUT2D eigenvalue weighted by molar-refractivity contribution is 0.392. The van der Waals surface area contributed by atoms with Gasteiger partial charge < -0.3 is 4.52 Å². The number of nitrogens with zero attached hydrogens (tertiary/aromatic N) is 1. The molecule has 20 heavy (non-hydrogen) atoms. The van der Waals surface area contributed by atoms with Crippen molar-refractivity contribution in [3.05, 3.63) is 59.0 Å². The van der Waals surface area contributed by atoms with E-state index in [9.17, 15) is 8.42 Å². The second-order valence-electron chi connectivity index (χ2n) is 4.67. The Morgan fingerprint density at radius 1 is 1.20 bits per heavy atom. The number of aryl methyl sites for hydroxylation is 2. The fourth-order valence-electron chi connectivity index (χ4n) is 1.88. The Labute approximate surface area is 119 Å². The monoisotopic (exact) mass is 291 g/mol. The highest BCUT2D eigenvalue weighted by Gasteiger charge is 2.17. The van der Waals surface area contributed by atoms with E-state index < -0.39 is 9.84 Å². The third-order valence-electron chi connectivity index (χ3n) is 3.01. The number of hydrogen-bond acceptors (Lipinski definition) is 4. The Morgan fingerprint density at radius 2 is 1.90 bits per heavy atom. The van der Waals surface area contributed by atoms with Gasteiger partial charge in [0.1, 0.15) is 5.76 Å². The van der Waals surface area contributed by atoms with Gasteiger partial charge in [0.2, 0.25) is 0 Å². The summed E-state index contributed by atoms with van der Waals surface area (Å²) in [7, 11) is -3.21. The van der Waals surface area contributed by atoms with Crippen molar-refractivity contribution in [2.24, 2.45) is 0 Å². The molecule has 1 aromatic carbocycles. The van der Waals surface area contributed by atoms with Gasteiger partial charge in [-0.2, -0.15) is 0 Å². The van der Waals surface area contributed by atoms with E-state index in [1.807, 2.05) is 36.4 Å². The van der Waals surface area contributed by atoms with Crippen molar-refractivity contribution in [2.45, 2.75) is 19.6 Å². The highest BCUT2D eigenvalue weighted by Crippen LogP contribution is 2.16. The molecule has 0 bridgehead atoms. The summed E-state index contributed by atoms with van der Waals surface area (Å²) in [4.78, 5) is 0. The molecule has 4 nitrogen and oxygen atoms in total. The zero-order chi connectivity index (χ0) is 14.6. The molecule has 2 rings (SSSR count). The summed E-state index contributed by atoms with van der Waals surface area (Å²) in [6.07, 6.45) is 3.48. The summed E-state index contributed by atoms with van der Waals surface area (Å²) >= 11 is 0. The summed E-state index contributed by atoms with van der Waals surface area (Å²) in [6, 6.07) is 9.61. The van der Waals surface area contributed by atoms with Gasteiger partial charge in [0, 0.05) is 5.56 Å². The van der Waals surface area contributed by atoms with E-state index in [1.54, 1.807) is 19.9 Å². The first-order valence-corrected chi connectivity index (χ1v) is 8.14. The van der Waals surface area contributed by atoms with Gasteiger partial charge in [-0.05, 0) is 19.4 Å². The van der Waals surface area contributed by atoms with Gasteiger partial charge in [0.05, 0.1) is 17.2 Å². The highest BCUT2D eigenvalue weighted by atomic mass is 32.2. The Bertz CT molecular complexity index is 680. The first kappa shape index (κ1) is 14.5. The van der Waals surface area contributed by atoms with Gasteiger partial charge in [-0.1, -0.05) is 47.6 Å². The molecule has 1 heterocycles. The first-order chi connectivity index (χ1) is 9.48. The third kappa shape index (κ3) is 3.81. The quantitative estimate of drug-likeness (QED) is 0.850. The van der Waals surface area contributed by atoms with Crippen LogP contribution in [0.15, 0.2) is 40.9 Å². The van der Waals surface area contributed by atoms with Crippen LogP contribution in [0.25, 0.3) is 6.08 Å². The van der Waals surface area contributed by atoms with Gasteiger partial charge in [-0.15, -0.1) is 0 Å². The fourth-order valence-corrected chi connectivity index (χ4v) is 3.24. The van der Waals surface area contributed by atoms with Crippen LogP contribution in [0.2, 0.25) is 0 Å². The number of hydrogen-bond donors (Lipinski definition) is 0. The SMILES string of the molecule is Cc1noc(C)c1CS(=O)(=O)CC=Cc1ccccc1. The smallest absolute Gasteiger partial charge is 0.158 e. The van der Waals surface area contributed by atoms with E-state index in [-0.39, 0.29) is 11.5 Å². The lowest BCUT2D eigenvalue weighted by atomic mass is 10.2. The highest BCUT2D eigenvalue weighted by molar-refractivity contribution is 7.90. The third-order valence-corrected chi connectivity index (χ3v) is 4.43. The molecule has 0 aliphatic carbocycles. The van der Waals surface area contributed by atoms with Crippen molar-refractivity contribution in [3.63, 3.8) is 0 Å². The van der Waals surface area contributed by atoms with E-state index in [0.717, 1.165) is 5.56 Å². The molecule has 0 N–H and O–H groups in total. The predicted octanol–water partition coefficient (Wildman–Crippen LogP) is 2.92. The number of rotatable bonds is 5. The molecular weight excluding hydrogens is 274 g/mol. The first-order valence-electron chi connectivity index (χ1n) is 6.32. The second-order valence-corrected chi connectivity index (χ2v) is 6.78. The number of benzene rings is 1. The zero-order valence-electron chi connectivity index (χ0n) is 11.5. The topological polar surface area (TPSA) is 60.2 Å². The maximum absolute atomic E-state index is 12.1. The summed E-state index contributed by atoms with van der Waals surface area (Å²) in [5.74, 6) is 0.539. The molecule has 0 aliphatic heterocycles. The van der Waals surface area contributed by atoms with E-state index in [4.69, 9.17) is 4.52 Å². The molecule has 106 valence electrons. The maximum atomic E-state index is 12.1. The molecule has 0 amide bonds. The van der Waals surface area contributed by atoms with Crippen molar-refractivity contribution in [3.8, 4) is 0 Å². The molecule has 0 saturated heterocycles. The standard InChI is InChI=1S/C15H17NO3S/c1-12-15(13(2)19-16-12)11-20(17,18)10-6-9-14-7-4-3-5-8-14/h3-9H,10-11H2,1-2H3. The van der Waals surface area contributed by atoms with E-state index in [1.165, 1.54) is 0 Å². The molecule has 2 aromatic rings. The van der Waals surface area contributed by atoms with Crippen molar-refractivity contribution in [1.29, 1.82) is 0 Å². The van der Waals surface area contributed by atoms with Gasteiger partial charge in [-0.3, -0.25) is 0 Å². The molecule has 0 saturated carbocycles. The number of sulfone groups is 1. The minimum atomic E-state index is -3.21. The fraction of sp³-hybridized carbons (Fsp3) is 0.267. The average molecular weight is 291 g/mol. The summed E-state index contributed by atoms with van der Waals surface area (Å²) in [5, 5.41) is 3.77. The molecule has 0 unspecified atom stereocenters. The zero-order valence-corrected chi connectivity index (χ0v) is 12.4. The van der Waals surface area contributed by atoms with Crippen LogP contribution in [-0.4, -0.2) is 19.3 Å². The van der Waals surface area contributed by atoms with Gasteiger partial charge in [0.25, 0.3) is 0 Å². The molecule has 0 spiro atoms. The Kier molecular flexibility index (Phi) is 4.39. The lowest BCUT2D eigenvalue weighted by Crippen LogP contribution is -2.08. The maximum Gasteiger partial charge on any atom is 0.158 e. The number of aromatic nitrogens is 1. The van der Waals surface area contributed by atoms with Crippen LogP contribution in [0.1, 0.15) is 22.6 Å². The molecule has 5 heteroatoms. The van der Waals surface area contributed by atoms with Crippen LogP contribution in [0, 0.1) is 13.8 Å². The average Bonchev–Trinajstić information content (AvgIpc) is 2.71. The summed E-state index contributed by atoms with van der Waals surface area (Å²) in [6.45, 7) is 3.48. The van der Waals surface area contributed by atoms with Gasteiger partial charge in [0.15, 0.2) is 9.84 Å². The minimum absolute atomic E-state index is 0.00591. The van der Waals surface area contributed by atoms with Crippen LogP contribution in [0.5, 0.6) is 0 Å². The summed E-state index contributed by atoms with van der Waals surface area (Å²) < 4.78 is 29.1. The summed E-state index contributed by atoms with van der Waals surface area (Å²) in [5.41, 5.74) is 2.29. The van der Waals surface area contributed by atoms with E-state index >= 15 is 0 Å². The van der Waals surface area contributed by atoms with Crippen LogP contribution in [0.4, 0.5) is 0 Å². The molecule has 0 radical (unpaired) electrons. The Hall–Kier alpha value is -1.88. The normalized spacial score (nSPS) is 12.1. The molecule has 0 atom stereocenters. The molecule has 0 aliphatic rings. The van der Waals surface area contributed by atoms with Crippen LogP contribution in [-0.2, 0) is 15.6 Å². The largest absolute Gasteiger partial charge is 0.361 e. The second kappa shape index (κ2) is 6.05. The van der Waals surface area contributed by atoms with Crippen molar-refractivity contribution >= 4 is 15.9 Å². The van der Waals surface area contributed by atoms with Crippen LogP contribution >= 0.6 is 0 Å². The molecule has 1 aromatic heterocycles. The lowest BCUT2D eigenvalue weighted by Gasteiger charge is -2.01. The van der Waals surface area contributed by atoms with Crippen molar-refractivity contribution in [1.82, 2.24) is 5.16 Å². The minimum Gasteiger partial charge on any atom is -0.361 e. The van der Waals surface area contributed by atoms with E-state index in [2.05, 4.69) is 5.16 Å². The van der Waals surface area contributed by atoms with Crippen LogP contribution in [0.3, 0.4) is 0 Å². The van der Waals surface area contributed by atoms with Crippen molar-refractivity contribution < 1.29 is 12.9 Å². The van der Waals surface area contributed by atoms with Crippen molar-refractivity contribution in [2.75, 3.05) is 5.75 Å². The molecule has 0 fully saturated rings. The van der Waals surface area contributed by atoms with Gasteiger partial charge >= 0.3 is 0 Å². The molecular formula is C15H17NO3S. The Balaban J connectivity index is 2.04. The van der Waals surface area contributed by atoms with Gasteiger partial charge in [-0.25, -0.2) is 8.42 Å².